The van der Waals surface area contributed by atoms with Crippen LogP contribution >= 0.6 is 0 Å². The zero-order chi connectivity index (χ0) is 10.3. The van der Waals surface area contributed by atoms with Gasteiger partial charge in [0.15, 0.2) is 0 Å². The van der Waals surface area contributed by atoms with Gasteiger partial charge < -0.3 is 14.9 Å². The zero-order valence-corrected chi connectivity index (χ0v) is 8.68. The molecule has 0 aromatic carbocycles. The van der Waals surface area contributed by atoms with Crippen molar-refractivity contribution in [2.75, 3.05) is 13.2 Å². The summed E-state index contributed by atoms with van der Waals surface area (Å²) in [6.07, 6.45) is 3.49. The van der Waals surface area contributed by atoms with E-state index in [1.165, 1.54) is 0 Å². The molecule has 5 atom stereocenters. The van der Waals surface area contributed by atoms with Crippen LogP contribution in [0.1, 0.15) is 13.8 Å². The average molecular weight is 198 g/mol. The minimum absolute atomic E-state index is 0.0390. The van der Waals surface area contributed by atoms with E-state index in [1.807, 2.05) is 26.0 Å². The average Bonchev–Trinajstić information content (AvgIpc) is 2.52. The second-order valence-electron chi connectivity index (χ2n) is 4.64. The molecule has 0 spiro atoms. The first kappa shape index (κ1) is 10.1. The Morgan fingerprint density at radius 2 is 2.07 bits per heavy atom. The predicted octanol–water partition coefficient (Wildman–Crippen LogP) is 0.567. The van der Waals surface area contributed by atoms with Gasteiger partial charge in [0.1, 0.15) is 5.60 Å². The lowest BCUT2D eigenvalue weighted by Gasteiger charge is -2.35. The molecular weight excluding hydrogens is 180 g/mol. The summed E-state index contributed by atoms with van der Waals surface area (Å²) in [5.41, 5.74) is -0.874. The molecule has 0 bridgehead atoms. The second kappa shape index (κ2) is 3.33. The van der Waals surface area contributed by atoms with E-state index >= 15 is 0 Å². The molecule has 14 heavy (non-hydrogen) atoms. The maximum absolute atomic E-state index is 10.4. The van der Waals surface area contributed by atoms with E-state index in [1.54, 1.807) is 0 Å². The summed E-state index contributed by atoms with van der Waals surface area (Å²) in [6, 6.07) is 0. The lowest BCUT2D eigenvalue weighted by molar-refractivity contribution is -0.0840. The SMILES string of the molecule is C[C@H]1C=C[C@@H]2COC[C@@]2(O)[C@@H](C)[C@H]1O. The van der Waals surface area contributed by atoms with Gasteiger partial charge in [0, 0.05) is 17.8 Å². The molecule has 1 aliphatic carbocycles. The highest BCUT2D eigenvalue weighted by Gasteiger charge is 2.49. The third-order valence-electron chi connectivity index (χ3n) is 3.76. The maximum Gasteiger partial charge on any atom is 0.101 e. The molecule has 2 aliphatic rings. The Kier molecular flexibility index (Phi) is 2.41. The molecule has 0 unspecified atom stereocenters. The fourth-order valence-corrected chi connectivity index (χ4v) is 2.47. The van der Waals surface area contributed by atoms with Crippen molar-refractivity contribution < 1.29 is 14.9 Å². The van der Waals surface area contributed by atoms with Gasteiger partial charge >= 0.3 is 0 Å². The van der Waals surface area contributed by atoms with Gasteiger partial charge in [-0.15, -0.1) is 0 Å². The van der Waals surface area contributed by atoms with Crippen LogP contribution in [0, 0.1) is 17.8 Å². The quantitative estimate of drug-likeness (QED) is 0.559. The molecular formula is C11H18O3. The van der Waals surface area contributed by atoms with Gasteiger partial charge in [-0.2, -0.15) is 0 Å². The highest BCUT2D eigenvalue weighted by atomic mass is 16.5. The van der Waals surface area contributed by atoms with Gasteiger partial charge in [-0.05, 0) is 0 Å². The zero-order valence-electron chi connectivity index (χ0n) is 8.68. The van der Waals surface area contributed by atoms with Crippen LogP contribution in [-0.4, -0.2) is 35.1 Å². The van der Waals surface area contributed by atoms with Crippen LogP contribution in [0.2, 0.25) is 0 Å². The van der Waals surface area contributed by atoms with Gasteiger partial charge in [0.25, 0.3) is 0 Å². The monoisotopic (exact) mass is 198 g/mol. The minimum Gasteiger partial charge on any atom is -0.392 e. The third-order valence-corrected chi connectivity index (χ3v) is 3.76. The molecule has 0 saturated carbocycles. The van der Waals surface area contributed by atoms with Crippen molar-refractivity contribution in [3.8, 4) is 0 Å². The normalized spacial score (nSPS) is 52.9. The van der Waals surface area contributed by atoms with Crippen molar-refractivity contribution in [3.05, 3.63) is 12.2 Å². The number of rotatable bonds is 0. The molecule has 0 radical (unpaired) electrons. The highest BCUT2D eigenvalue weighted by Crippen LogP contribution is 2.39. The van der Waals surface area contributed by atoms with E-state index < -0.39 is 11.7 Å². The summed E-state index contributed by atoms with van der Waals surface area (Å²) in [5.74, 6) is 0.0109. The molecule has 1 aliphatic heterocycles. The van der Waals surface area contributed by atoms with Crippen LogP contribution in [-0.2, 0) is 4.74 Å². The first-order chi connectivity index (χ1) is 6.55. The molecule has 0 amide bonds. The second-order valence-corrected chi connectivity index (χ2v) is 4.64. The Hall–Kier alpha value is -0.380. The van der Waals surface area contributed by atoms with Crippen LogP contribution in [0.5, 0.6) is 0 Å². The van der Waals surface area contributed by atoms with Crippen LogP contribution in [0.15, 0.2) is 12.2 Å². The summed E-state index contributed by atoms with van der Waals surface area (Å²) in [4.78, 5) is 0. The molecule has 1 heterocycles. The Labute approximate surface area is 84.4 Å². The van der Waals surface area contributed by atoms with Gasteiger partial charge in [0.05, 0.1) is 19.3 Å². The topological polar surface area (TPSA) is 49.7 Å². The lowest BCUT2D eigenvalue weighted by atomic mass is 9.77. The standard InChI is InChI=1S/C11H18O3/c1-7-3-4-9-5-14-6-11(9,13)8(2)10(7)12/h3-4,7-10,12-13H,5-6H2,1-2H3/t7-,8-,9+,10-,11+/m0/s1. The molecule has 80 valence electrons. The number of aliphatic hydroxyl groups is 2. The number of hydrogen-bond donors (Lipinski definition) is 2. The summed E-state index contributed by atoms with van der Waals surface area (Å²) in [6.45, 7) is 4.78. The maximum atomic E-state index is 10.4. The van der Waals surface area contributed by atoms with Crippen molar-refractivity contribution in [2.24, 2.45) is 17.8 Å². The number of hydrogen-bond acceptors (Lipinski definition) is 3. The van der Waals surface area contributed by atoms with Crippen molar-refractivity contribution in [2.45, 2.75) is 25.6 Å². The van der Waals surface area contributed by atoms with Crippen LogP contribution in [0.25, 0.3) is 0 Å². The van der Waals surface area contributed by atoms with Gasteiger partial charge in [0.2, 0.25) is 0 Å². The Morgan fingerprint density at radius 1 is 1.36 bits per heavy atom. The van der Waals surface area contributed by atoms with Crippen LogP contribution < -0.4 is 0 Å². The van der Waals surface area contributed by atoms with E-state index in [0.717, 1.165) is 0 Å². The first-order valence-corrected chi connectivity index (χ1v) is 5.22. The van der Waals surface area contributed by atoms with Gasteiger partial charge in [-0.3, -0.25) is 0 Å². The third kappa shape index (κ3) is 1.31. The van der Waals surface area contributed by atoms with Crippen molar-refractivity contribution in [1.82, 2.24) is 0 Å². The van der Waals surface area contributed by atoms with E-state index in [0.29, 0.717) is 13.2 Å². The first-order valence-electron chi connectivity index (χ1n) is 5.22. The predicted molar refractivity (Wildman–Crippen MR) is 52.7 cm³/mol. The number of aliphatic hydroxyl groups excluding tert-OH is 1. The largest absolute Gasteiger partial charge is 0.392 e. The molecule has 0 aromatic rings. The fraction of sp³-hybridized carbons (Fsp3) is 0.818. The fourth-order valence-electron chi connectivity index (χ4n) is 2.47. The smallest absolute Gasteiger partial charge is 0.101 e. The highest BCUT2D eigenvalue weighted by molar-refractivity contribution is 5.11. The summed E-state index contributed by atoms with van der Waals surface area (Å²) in [5, 5.41) is 20.4. The number of ether oxygens (including phenoxy) is 1. The van der Waals surface area contributed by atoms with Crippen LogP contribution in [0.3, 0.4) is 0 Å². The van der Waals surface area contributed by atoms with E-state index in [9.17, 15) is 10.2 Å². The van der Waals surface area contributed by atoms with Gasteiger partial charge in [-0.25, -0.2) is 0 Å². The lowest BCUT2D eigenvalue weighted by Crippen LogP contribution is -2.48. The molecule has 1 fully saturated rings. The van der Waals surface area contributed by atoms with Crippen LogP contribution in [0.4, 0.5) is 0 Å². The Bertz CT molecular complexity index is 251. The van der Waals surface area contributed by atoms with Gasteiger partial charge in [-0.1, -0.05) is 26.0 Å². The Morgan fingerprint density at radius 3 is 2.79 bits per heavy atom. The summed E-state index contributed by atoms with van der Waals surface area (Å²) < 4.78 is 5.29. The minimum atomic E-state index is -0.874. The molecule has 3 heteroatoms. The molecule has 3 nitrogen and oxygen atoms in total. The van der Waals surface area contributed by atoms with Crippen molar-refractivity contribution >= 4 is 0 Å². The molecule has 2 N–H and O–H groups in total. The van der Waals surface area contributed by atoms with E-state index in [2.05, 4.69) is 0 Å². The molecule has 0 aromatic heterocycles. The molecule has 2 rings (SSSR count). The molecule has 1 saturated heterocycles. The van der Waals surface area contributed by atoms with E-state index in [4.69, 9.17) is 4.74 Å². The van der Waals surface area contributed by atoms with Crippen molar-refractivity contribution in [1.29, 1.82) is 0 Å². The summed E-state index contributed by atoms with van der Waals surface area (Å²) >= 11 is 0. The Balaban J connectivity index is 2.32. The number of fused-ring (bicyclic) bond motifs is 1. The summed E-state index contributed by atoms with van der Waals surface area (Å²) in [7, 11) is 0. The van der Waals surface area contributed by atoms with E-state index in [-0.39, 0.29) is 17.8 Å². The van der Waals surface area contributed by atoms with Crippen molar-refractivity contribution in [3.63, 3.8) is 0 Å².